The molecule has 0 atom stereocenters. The minimum atomic E-state index is -4.28. The highest BCUT2D eigenvalue weighted by atomic mass is 35.5. The van der Waals surface area contributed by atoms with Crippen molar-refractivity contribution in [2.24, 2.45) is 0 Å². The zero-order chi connectivity index (χ0) is 24.5. The number of Topliss-reactive ketones (excluding diaryl/α,β-unsaturated/α-hetero) is 1. The average molecular weight is 493 g/mol. The summed E-state index contributed by atoms with van der Waals surface area (Å²) in [5.41, 5.74) is 2.41. The van der Waals surface area contributed by atoms with Gasteiger partial charge in [-0.05, 0) is 42.8 Å². The van der Waals surface area contributed by atoms with Crippen LogP contribution < -0.4 is 9.62 Å². The molecular formula is C26H21ClN2O4S. The second-order valence-electron chi connectivity index (χ2n) is 7.65. The van der Waals surface area contributed by atoms with E-state index in [1.165, 1.54) is 19.1 Å². The second-order valence-corrected chi connectivity index (χ2v) is 9.88. The molecule has 0 saturated heterocycles. The van der Waals surface area contributed by atoms with Crippen LogP contribution in [0.2, 0.25) is 5.02 Å². The van der Waals surface area contributed by atoms with Crippen LogP contribution in [-0.4, -0.2) is 26.7 Å². The Hall–Kier alpha value is -3.68. The highest BCUT2D eigenvalue weighted by Gasteiger charge is 2.41. The Morgan fingerprint density at radius 1 is 1.03 bits per heavy atom. The Balaban J connectivity index is 1.98. The van der Waals surface area contributed by atoms with Gasteiger partial charge < -0.3 is 5.32 Å². The number of carbonyl (C=O) groups excluding carboxylic acids is 2. The fraction of sp³-hybridized carbons (Fsp3) is 0.0769. The second kappa shape index (κ2) is 9.29. The fourth-order valence-electron chi connectivity index (χ4n) is 3.86. The third-order valence-electron chi connectivity index (χ3n) is 5.36. The molecule has 34 heavy (non-hydrogen) atoms. The van der Waals surface area contributed by atoms with E-state index in [0.29, 0.717) is 33.1 Å². The highest BCUT2D eigenvalue weighted by molar-refractivity contribution is 7.97. The lowest BCUT2D eigenvalue weighted by molar-refractivity contribution is -0.112. The van der Waals surface area contributed by atoms with Gasteiger partial charge in [0.25, 0.3) is 15.9 Å². The van der Waals surface area contributed by atoms with Gasteiger partial charge in [-0.3, -0.25) is 13.9 Å². The van der Waals surface area contributed by atoms with Crippen LogP contribution in [0.15, 0.2) is 90.4 Å². The highest BCUT2D eigenvalue weighted by Crippen LogP contribution is 2.44. The molecule has 3 aromatic carbocycles. The molecule has 0 aliphatic carbocycles. The van der Waals surface area contributed by atoms with Crippen LogP contribution in [0.25, 0.3) is 5.57 Å². The van der Waals surface area contributed by atoms with Crippen LogP contribution in [0.1, 0.15) is 28.4 Å². The normalized spacial score (nSPS) is 14.4. The number of benzene rings is 3. The van der Waals surface area contributed by atoms with Gasteiger partial charge in [0.1, 0.15) is 0 Å². The summed E-state index contributed by atoms with van der Waals surface area (Å²) in [5.74, 6) is -0.995. The summed E-state index contributed by atoms with van der Waals surface area (Å²) in [6, 6.07) is 20.0. The summed E-state index contributed by atoms with van der Waals surface area (Å²) in [6.45, 7) is 5.05. The number of anilines is 2. The Kier molecular flexibility index (Phi) is 6.41. The maximum absolute atomic E-state index is 13.8. The third kappa shape index (κ3) is 4.27. The Morgan fingerprint density at radius 2 is 1.76 bits per heavy atom. The Bertz CT molecular complexity index is 1450. The van der Waals surface area contributed by atoms with Gasteiger partial charge in [0, 0.05) is 27.4 Å². The first-order chi connectivity index (χ1) is 16.2. The topological polar surface area (TPSA) is 83.6 Å². The lowest BCUT2D eigenvalue weighted by Crippen LogP contribution is -2.39. The largest absolute Gasteiger partial charge is 0.321 e. The van der Waals surface area contributed by atoms with Crippen molar-refractivity contribution in [3.05, 3.63) is 112 Å². The van der Waals surface area contributed by atoms with Crippen LogP contribution in [0.4, 0.5) is 11.4 Å². The lowest BCUT2D eigenvalue weighted by Gasteiger charge is -2.33. The van der Waals surface area contributed by atoms with Gasteiger partial charge >= 0.3 is 0 Å². The SMILES string of the molecule is C=CCN1c2ccc(Cl)cc2C(c2ccccc2)=C(C(=O)Nc2cccc(C(C)=O)c2)S1(=O)=O. The molecule has 0 fully saturated rings. The van der Waals surface area contributed by atoms with E-state index in [-0.39, 0.29) is 17.9 Å². The van der Waals surface area contributed by atoms with E-state index in [4.69, 9.17) is 11.6 Å². The number of amides is 1. The van der Waals surface area contributed by atoms with E-state index >= 15 is 0 Å². The zero-order valence-electron chi connectivity index (χ0n) is 18.3. The van der Waals surface area contributed by atoms with Crippen molar-refractivity contribution in [1.82, 2.24) is 0 Å². The predicted molar refractivity (Wildman–Crippen MR) is 135 cm³/mol. The predicted octanol–water partition coefficient (Wildman–Crippen LogP) is 5.28. The number of ketones is 1. The molecule has 1 N–H and O–H groups in total. The number of hydrogen-bond acceptors (Lipinski definition) is 4. The third-order valence-corrected chi connectivity index (χ3v) is 7.43. The number of hydrogen-bond donors (Lipinski definition) is 1. The van der Waals surface area contributed by atoms with Crippen molar-refractivity contribution in [1.29, 1.82) is 0 Å². The molecule has 3 aromatic rings. The van der Waals surface area contributed by atoms with Gasteiger partial charge in [-0.25, -0.2) is 8.42 Å². The first-order valence-electron chi connectivity index (χ1n) is 10.4. The summed E-state index contributed by atoms with van der Waals surface area (Å²) < 4.78 is 28.8. The van der Waals surface area contributed by atoms with Crippen LogP contribution in [0.3, 0.4) is 0 Å². The molecule has 0 radical (unpaired) electrons. The summed E-state index contributed by atoms with van der Waals surface area (Å²) in [6.07, 6.45) is 1.45. The molecule has 172 valence electrons. The number of halogens is 1. The van der Waals surface area contributed by atoms with Crippen molar-refractivity contribution in [3.8, 4) is 0 Å². The van der Waals surface area contributed by atoms with E-state index in [2.05, 4.69) is 11.9 Å². The molecule has 1 aliphatic heterocycles. The van der Waals surface area contributed by atoms with Crippen LogP contribution in [-0.2, 0) is 14.8 Å². The minimum Gasteiger partial charge on any atom is -0.321 e. The molecule has 8 heteroatoms. The van der Waals surface area contributed by atoms with E-state index in [1.807, 2.05) is 0 Å². The molecule has 4 rings (SSSR count). The van der Waals surface area contributed by atoms with E-state index in [9.17, 15) is 18.0 Å². The van der Waals surface area contributed by atoms with Crippen LogP contribution >= 0.6 is 11.6 Å². The van der Waals surface area contributed by atoms with Gasteiger partial charge in [-0.2, -0.15) is 0 Å². The summed E-state index contributed by atoms with van der Waals surface area (Å²) >= 11 is 6.29. The number of nitrogens with zero attached hydrogens (tertiary/aromatic N) is 1. The smallest absolute Gasteiger partial charge is 0.270 e. The molecule has 0 saturated carbocycles. The number of nitrogens with one attached hydrogen (secondary N) is 1. The summed E-state index contributed by atoms with van der Waals surface area (Å²) in [7, 11) is -4.28. The fourth-order valence-corrected chi connectivity index (χ4v) is 5.74. The molecule has 0 spiro atoms. The van der Waals surface area contributed by atoms with E-state index < -0.39 is 20.8 Å². The Labute approximate surface area is 203 Å². The van der Waals surface area contributed by atoms with E-state index in [1.54, 1.807) is 66.7 Å². The van der Waals surface area contributed by atoms with Crippen molar-refractivity contribution in [2.45, 2.75) is 6.92 Å². The zero-order valence-corrected chi connectivity index (χ0v) is 19.9. The van der Waals surface area contributed by atoms with Crippen molar-refractivity contribution < 1.29 is 18.0 Å². The molecule has 0 unspecified atom stereocenters. The first-order valence-corrected chi connectivity index (χ1v) is 12.2. The molecule has 1 amide bonds. The minimum absolute atomic E-state index is 0.0321. The maximum atomic E-state index is 13.8. The van der Waals surface area contributed by atoms with Crippen molar-refractivity contribution in [2.75, 3.05) is 16.2 Å². The maximum Gasteiger partial charge on any atom is 0.270 e. The molecule has 1 aliphatic rings. The number of carbonyl (C=O) groups is 2. The van der Waals surface area contributed by atoms with Gasteiger partial charge in [0.2, 0.25) is 0 Å². The van der Waals surface area contributed by atoms with E-state index in [0.717, 1.165) is 4.31 Å². The van der Waals surface area contributed by atoms with Crippen molar-refractivity contribution in [3.63, 3.8) is 0 Å². The summed E-state index contributed by atoms with van der Waals surface area (Å²) in [5, 5.41) is 3.06. The van der Waals surface area contributed by atoms with Gasteiger partial charge in [0.05, 0.1) is 12.2 Å². The standard InChI is InChI=1S/C26H21ClN2O4S/c1-3-14-29-23-13-12-20(27)16-22(23)24(18-8-5-4-6-9-18)25(34(29,32)33)26(31)28-21-11-7-10-19(15-21)17(2)30/h3-13,15-16H,1,14H2,2H3,(H,28,31). The monoisotopic (exact) mass is 492 g/mol. The quantitative estimate of drug-likeness (QED) is 0.375. The van der Waals surface area contributed by atoms with Gasteiger partial charge in [-0.15, -0.1) is 6.58 Å². The van der Waals surface area contributed by atoms with Crippen LogP contribution in [0, 0.1) is 0 Å². The summed E-state index contributed by atoms with van der Waals surface area (Å²) in [4.78, 5) is 24.9. The number of rotatable bonds is 6. The number of fused-ring (bicyclic) bond motifs is 1. The molecule has 0 bridgehead atoms. The van der Waals surface area contributed by atoms with Crippen molar-refractivity contribution >= 4 is 50.3 Å². The van der Waals surface area contributed by atoms with Crippen LogP contribution in [0.5, 0.6) is 0 Å². The average Bonchev–Trinajstić information content (AvgIpc) is 2.81. The molecule has 0 aromatic heterocycles. The Morgan fingerprint density at radius 3 is 2.44 bits per heavy atom. The molecular weight excluding hydrogens is 472 g/mol. The lowest BCUT2D eigenvalue weighted by atomic mass is 9.95. The van der Waals surface area contributed by atoms with Gasteiger partial charge in [-0.1, -0.05) is 60.1 Å². The first kappa shape index (κ1) is 23.5. The molecule has 6 nitrogen and oxygen atoms in total. The molecule has 1 heterocycles. The van der Waals surface area contributed by atoms with Gasteiger partial charge in [0.15, 0.2) is 10.7 Å². The number of sulfonamides is 1.